The molecule has 1 aliphatic heterocycles. The lowest BCUT2D eigenvalue weighted by molar-refractivity contribution is 0.193. The monoisotopic (exact) mass is 310 g/mol. The van der Waals surface area contributed by atoms with E-state index in [2.05, 4.69) is 57.3 Å². The Morgan fingerprint density at radius 3 is 2.83 bits per heavy atom. The van der Waals surface area contributed by atoms with Gasteiger partial charge in [-0.1, -0.05) is 35.0 Å². The van der Waals surface area contributed by atoms with Gasteiger partial charge in [-0.05, 0) is 49.5 Å². The summed E-state index contributed by atoms with van der Waals surface area (Å²) in [6, 6.07) is 8.50. The van der Waals surface area contributed by atoms with E-state index in [0.717, 1.165) is 23.5 Å². The molecule has 2 rings (SSSR count). The van der Waals surface area contributed by atoms with Crippen LogP contribution in [-0.2, 0) is 6.54 Å². The molecule has 0 amide bonds. The van der Waals surface area contributed by atoms with Gasteiger partial charge < -0.3 is 10.2 Å². The van der Waals surface area contributed by atoms with E-state index in [1.165, 1.54) is 38.0 Å². The molecular weight excluding hydrogens is 288 g/mol. The topological polar surface area (TPSA) is 15.3 Å². The number of piperidine rings is 1. The zero-order chi connectivity index (χ0) is 12.8. The van der Waals surface area contributed by atoms with E-state index in [4.69, 9.17) is 0 Å². The van der Waals surface area contributed by atoms with Crippen molar-refractivity contribution in [2.45, 2.75) is 26.3 Å². The molecule has 1 aromatic rings. The largest absolute Gasteiger partial charge is 0.311 e. The van der Waals surface area contributed by atoms with E-state index >= 15 is 0 Å². The number of nitrogens with zero attached hydrogens (tertiary/aromatic N) is 1. The Labute approximate surface area is 119 Å². The average molecular weight is 311 g/mol. The fraction of sp³-hybridized carbons (Fsp3) is 0.600. The number of nitrogens with one attached hydrogen (secondary N) is 1. The summed E-state index contributed by atoms with van der Waals surface area (Å²) in [5, 5.41) is 3.52. The average Bonchev–Trinajstić information content (AvgIpc) is 2.37. The fourth-order valence-corrected chi connectivity index (χ4v) is 2.85. The number of halogens is 1. The molecule has 0 spiro atoms. The van der Waals surface area contributed by atoms with Gasteiger partial charge in [-0.2, -0.15) is 0 Å². The Balaban J connectivity index is 1.61. The standard InChI is InChI=1S/C15H23BrN2/c1-13-5-8-18(9-6-13)10-7-17-12-14-3-2-4-15(16)11-14/h2-4,11,13,17H,5-10,12H2,1H3. The first-order valence-electron chi connectivity index (χ1n) is 6.91. The lowest BCUT2D eigenvalue weighted by atomic mass is 9.99. The van der Waals surface area contributed by atoms with Crippen LogP contribution >= 0.6 is 15.9 Å². The molecule has 100 valence electrons. The molecule has 2 nitrogen and oxygen atoms in total. The van der Waals surface area contributed by atoms with Crippen molar-refractivity contribution in [3.05, 3.63) is 34.3 Å². The summed E-state index contributed by atoms with van der Waals surface area (Å²) in [6.45, 7) is 8.15. The second kappa shape index (κ2) is 7.27. The molecule has 1 saturated heterocycles. The van der Waals surface area contributed by atoms with Gasteiger partial charge in [0, 0.05) is 24.1 Å². The van der Waals surface area contributed by atoms with Gasteiger partial charge in [0.15, 0.2) is 0 Å². The molecule has 0 bridgehead atoms. The maximum atomic E-state index is 3.52. The van der Waals surface area contributed by atoms with Crippen LogP contribution in [0.4, 0.5) is 0 Å². The number of likely N-dealkylation sites (tertiary alicyclic amines) is 1. The van der Waals surface area contributed by atoms with Crippen LogP contribution < -0.4 is 5.32 Å². The van der Waals surface area contributed by atoms with Gasteiger partial charge in [0.25, 0.3) is 0 Å². The Bertz CT molecular complexity index is 359. The van der Waals surface area contributed by atoms with Crippen molar-refractivity contribution in [2.75, 3.05) is 26.2 Å². The highest BCUT2D eigenvalue weighted by Crippen LogP contribution is 2.15. The van der Waals surface area contributed by atoms with E-state index in [-0.39, 0.29) is 0 Å². The van der Waals surface area contributed by atoms with Crippen molar-refractivity contribution in [1.82, 2.24) is 10.2 Å². The fourth-order valence-electron chi connectivity index (χ4n) is 2.40. The third-order valence-corrected chi connectivity index (χ3v) is 4.19. The minimum atomic E-state index is 0.927. The van der Waals surface area contributed by atoms with Crippen molar-refractivity contribution in [1.29, 1.82) is 0 Å². The Morgan fingerprint density at radius 1 is 1.33 bits per heavy atom. The smallest absolute Gasteiger partial charge is 0.0206 e. The van der Waals surface area contributed by atoms with E-state index in [1.807, 2.05) is 0 Å². The second-order valence-electron chi connectivity index (χ2n) is 5.33. The van der Waals surface area contributed by atoms with Crippen molar-refractivity contribution in [2.24, 2.45) is 5.92 Å². The van der Waals surface area contributed by atoms with Crippen LogP contribution in [0, 0.1) is 5.92 Å². The number of hydrogen-bond acceptors (Lipinski definition) is 2. The van der Waals surface area contributed by atoms with Crippen molar-refractivity contribution in [3.63, 3.8) is 0 Å². The molecule has 3 heteroatoms. The first-order valence-corrected chi connectivity index (χ1v) is 7.71. The molecular formula is C15H23BrN2. The van der Waals surface area contributed by atoms with E-state index in [9.17, 15) is 0 Å². The molecule has 1 aliphatic rings. The quantitative estimate of drug-likeness (QED) is 0.840. The highest BCUT2D eigenvalue weighted by atomic mass is 79.9. The highest BCUT2D eigenvalue weighted by Gasteiger charge is 2.14. The molecule has 1 N–H and O–H groups in total. The van der Waals surface area contributed by atoms with Gasteiger partial charge in [0.2, 0.25) is 0 Å². The summed E-state index contributed by atoms with van der Waals surface area (Å²) < 4.78 is 1.16. The SMILES string of the molecule is CC1CCN(CCNCc2cccc(Br)c2)CC1. The zero-order valence-electron chi connectivity index (χ0n) is 11.2. The molecule has 18 heavy (non-hydrogen) atoms. The van der Waals surface area contributed by atoms with Crippen molar-refractivity contribution < 1.29 is 0 Å². The second-order valence-corrected chi connectivity index (χ2v) is 6.25. The van der Waals surface area contributed by atoms with E-state index in [0.29, 0.717) is 0 Å². The first kappa shape index (κ1) is 14.0. The molecule has 0 unspecified atom stereocenters. The van der Waals surface area contributed by atoms with E-state index in [1.54, 1.807) is 0 Å². The van der Waals surface area contributed by atoms with Gasteiger partial charge in [-0.3, -0.25) is 0 Å². The van der Waals surface area contributed by atoms with Gasteiger partial charge in [-0.25, -0.2) is 0 Å². The Kier molecular flexibility index (Phi) is 5.67. The van der Waals surface area contributed by atoms with Gasteiger partial charge in [-0.15, -0.1) is 0 Å². The Hall–Kier alpha value is -0.380. The predicted molar refractivity (Wildman–Crippen MR) is 80.7 cm³/mol. The van der Waals surface area contributed by atoms with Crippen LogP contribution in [0.5, 0.6) is 0 Å². The Morgan fingerprint density at radius 2 is 2.11 bits per heavy atom. The summed E-state index contributed by atoms with van der Waals surface area (Å²) >= 11 is 3.50. The van der Waals surface area contributed by atoms with Crippen LogP contribution in [0.1, 0.15) is 25.3 Å². The minimum absolute atomic E-state index is 0.927. The van der Waals surface area contributed by atoms with Crippen molar-refractivity contribution >= 4 is 15.9 Å². The number of benzene rings is 1. The van der Waals surface area contributed by atoms with Crippen LogP contribution in [0.25, 0.3) is 0 Å². The first-order chi connectivity index (χ1) is 8.74. The molecule has 0 aromatic heterocycles. The third kappa shape index (κ3) is 4.71. The third-order valence-electron chi connectivity index (χ3n) is 3.70. The highest BCUT2D eigenvalue weighted by molar-refractivity contribution is 9.10. The van der Waals surface area contributed by atoms with E-state index < -0.39 is 0 Å². The maximum absolute atomic E-state index is 3.52. The summed E-state index contributed by atoms with van der Waals surface area (Å²) in [5.41, 5.74) is 1.34. The number of hydrogen-bond donors (Lipinski definition) is 1. The zero-order valence-corrected chi connectivity index (χ0v) is 12.7. The summed E-state index contributed by atoms with van der Waals surface area (Å²) in [4.78, 5) is 2.58. The molecule has 0 radical (unpaired) electrons. The van der Waals surface area contributed by atoms with Crippen LogP contribution in [-0.4, -0.2) is 31.1 Å². The molecule has 1 heterocycles. The van der Waals surface area contributed by atoms with Gasteiger partial charge in [0.1, 0.15) is 0 Å². The summed E-state index contributed by atoms with van der Waals surface area (Å²) in [6.07, 6.45) is 2.73. The van der Waals surface area contributed by atoms with Crippen LogP contribution in [0.2, 0.25) is 0 Å². The minimum Gasteiger partial charge on any atom is -0.311 e. The molecule has 1 aromatic carbocycles. The van der Waals surface area contributed by atoms with Crippen molar-refractivity contribution in [3.8, 4) is 0 Å². The van der Waals surface area contributed by atoms with Gasteiger partial charge >= 0.3 is 0 Å². The molecule has 0 saturated carbocycles. The summed E-state index contributed by atoms with van der Waals surface area (Å²) in [5.74, 6) is 0.927. The van der Waals surface area contributed by atoms with Crippen LogP contribution in [0.15, 0.2) is 28.7 Å². The van der Waals surface area contributed by atoms with Crippen LogP contribution in [0.3, 0.4) is 0 Å². The normalized spacial score (nSPS) is 18.1. The molecule has 0 atom stereocenters. The lowest BCUT2D eigenvalue weighted by Gasteiger charge is -2.30. The van der Waals surface area contributed by atoms with Gasteiger partial charge in [0.05, 0.1) is 0 Å². The maximum Gasteiger partial charge on any atom is 0.0206 e. The number of rotatable bonds is 5. The predicted octanol–water partition coefficient (Wildman–Crippen LogP) is 3.27. The summed E-state index contributed by atoms with van der Waals surface area (Å²) in [7, 11) is 0. The molecule has 1 fully saturated rings. The lowest BCUT2D eigenvalue weighted by Crippen LogP contribution is -2.37. The molecule has 0 aliphatic carbocycles.